The maximum atomic E-state index is 6.03. The molecule has 0 aliphatic carbocycles. The van der Waals surface area contributed by atoms with E-state index >= 15 is 0 Å². The molecule has 0 spiro atoms. The number of aryl methyl sites for hydroxylation is 1. The predicted molar refractivity (Wildman–Crippen MR) is 120 cm³/mol. The summed E-state index contributed by atoms with van der Waals surface area (Å²) in [6.45, 7) is 8.01. The maximum absolute atomic E-state index is 6.03. The van der Waals surface area contributed by atoms with Gasteiger partial charge >= 0.3 is 0 Å². The van der Waals surface area contributed by atoms with Crippen molar-refractivity contribution in [3.8, 4) is 0 Å². The Morgan fingerprint density at radius 3 is 1.79 bits per heavy atom. The van der Waals surface area contributed by atoms with E-state index in [4.69, 9.17) is 4.18 Å². The molecule has 0 radical (unpaired) electrons. The van der Waals surface area contributed by atoms with Gasteiger partial charge in [0.05, 0.1) is 12.1 Å². The second-order valence-electron chi connectivity index (χ2n) is 6.79. The molecule has 3 aromatic carbocycles. The number of benzene rings is 3. The summed E-state index contributed by atoms with van der Waals surface area (Å²) in [7, 11) is 0. The van der Waals surface area contributed by atoms with Gasteiger partial charge in [0, 0.05) is 30.0 Å². The minimum atomic E-state index is 0.274. The fourth-order valence-electron chi connectivity index (χ4n) is 3.34. The predicted octanol–water partition coefficient (Wildman–Crippen LogP) is 6.52. The molecule has 0 saturated carbocycles. The Kier molecular flexibility index (Phi) is 7.72. The van der Waals surface area contributed by atoms with Gasteiger partial charge in [0.25, 0.3) is 0 Å². The molecule has 1 saturated heterocycles. The Hall–Kier alpha value is -2.07. The smallest absolute Gasteiger partial charge is 0.0980 e. The first-order valence-electron chi connectivity index (χ1n) is 10.0. The number of nitrogens with zero attached hydrogens (tertiary/aromatic N) is 1. The number of likely N-dealkylation sites (tertiary alicyclic amines) is 1. The molecule has 146 valence electrons. The van der Waals surface area contributed by atoms with E-state index in [0.717, 1.165) is 18.0 Å². The topological polar surface area (TPSA) is 12.5 Å². The van der Waals surface area contributed by atoms with Crippen LogP contribution in [0.4, 0.5) is 0 Å². The van der Waals surface area contributed by atoms with Gasteiger partial charge in [-0.1, -0.05) is 92.2 Å². The van der Waals surface area contributed by atoms with Gasteiger partial charge < -0.3 is 4.18 Å². The zero-order valence-electron chi connectivity index (χ0n) is 16.9. The highest BCUT2D eigenvalue weighted by molar-refractivity contribution is 7.94. The summed E-state index contributed by atoms with van der Waals surface area (Å²) in [6, 6.07) is 30.3. The Bertz CT molecular complexity index is 775. The van der Waals surface area contributed by atoms with Crippen LogP contribution in [0, 0.1) is 6.92 Å². The Balaban J connectivity index is 0.00000109. The van der Waals surface area contributed by atoms with E-state index in [9.17, 15) is 0 Å². The van der Waals surface area contributed by atoms with Crippen LogP contribution in [0.15, 0.2) is 89.8 Å². The monoisotopic (exact) mass is 391 g/mol. The van der Waals surface area contributed by atoms with Crippen molar-refractivity contribution in [1.82, 2.24) is 4.90 Å². The molecule has 3 heteroatoms. The molecule has 0 atom stereocenters. The lowest BCUT2D eigenvalue weighted by molar-refractivity contribution is 0.0120. The molecule has 1 fully saturated rings. The average Bonchev–Trinajstić information content (AvgIpc) is 2.73. The third kappa shape index (κ3) is 5.26. The molecule has 3 aromatic rings. The first-order chi connectivity index (χ1) is 13.8. The molecule has 0 N–H and O–H groups in total. The van der Waals surface area contributed by atoms with Crippen LogP contribution < -0.4 is 0 Å². The van der Waals surface area contributed by atoms with E-state index < -0.39 is 0 Å². The highest BCUT2D eigenvalue weighted by Gasteiger charge is 2.35. The Morgan fingerprint density at radius 1 is 0.786 bits per heavy atom. The minimum Gasteiger partial charge on any atom is -0.304 e. The summed E-state index contributed by atoms with van der Waals surface area (Å²) in [5.41, 5.74) is 3.95. The van der Waals surface area contributed by atoms with Crippen LogP contribution >= 0.6 is 12.0 Å². The SMILES string of the molecule is CC.Cc1ccc(SOC2CN(C(c3ccccc3)c3ccccc3)C2)cc1. The van der Waals surface area contributed by atoms with Crippen molar-refractivity contribution in [2.75, 3.05) is 13.1 Å². The second kappa shape index (κ2) is 10.5. The second-order valence-corrected chi connectivity index (χ2v) is 7.62. The first-order valence-corrected chi connectivity index (χ1v) is 10.8. The van der Waals surface area contributed by atoms with Crippen molar-refractivity contribution in [3.05, 3.63) is 102 Å². The standard InChI is InChI=1S/C23H23NOS.C2H6/c1-18-12-14-22(15-13-18)26-25-21-16-24(17-21)23(19-8-4-2-5-9-19)20-10-6-3-7-11-20;1-2/h2-15,21,23H,16-17H2,1H3;1-2H3. The summed E-state index contributed by atoms with van der Waals surface area (Å²) in [5.74, 6) is 0. The van der Waals surface area contributed by atoms with Crippen molar-refractivity contribution in [2.45, 2.75) is 37.8 Å². The van der Waals surface area contributed by atoms with Gasteiger partial charge in [-0.3, -0.25) is 4.90 Å². The largest absolute Gasteiger partial charge is 0.304 e. The van der Waals surface area contributed by atoms with Crippen LogP contribution in [-0.4, -0.2) is 24.1 Å². The van der Waals surface area contributed by atoms with E-state index in [1.807, 2.05) is 13.8 Å². The van der Waals surface area contributed by atoms with E-state index in [1.165, 1.54) is 28.7 Å². The van der Waals surface area contributed by atoms with Crippen LogP contribution in [0.3, 0.4) is 0 Å². The average molecular weight is 392 g/mol. The summed E-state index contributed by atoms with van der Waals surface area (Å²) < 4.78 is 6.03. The third-order valence-electron chi connectivity index (χ3n) is 4.77. The Morgan fingerprint density at radius 2 is 1.29 bits per heavy atom. The van der Waals surface area contributed by atoms with Gasteiger partial charge in [-0.15, -0.1) is 0 Å². The summed E-state index contributed by atoms with van der Waals surface area (Å²) >= 11 is 1.49. The molecule has 0 amide bonds. The van der Waals surface area contributed by atoms with Gasteiger partial charge in [0.2, 0.25) is 0 Å². The van der Waals surface area contributed by atoms with Crippen LogP contribution in [0.1, 0.15) is 36.6 Å². The number of hydrogen-bond acceptors (Lipinski definition) is 3. The molecule has 0 aromatic heterocycles. The fraction of sp³-hybridized carbons (Fsp3) is 0.280. The molecule has 28 heavy (non-hydrogen) atoms. The van der Waals surface area contributed by atoms with Gasteiger partial charge in [0.15, 0.2) is 0 Å². The molecule has 1 heterocycles. The lowest BCUT2D eigenvalue weighted by atomic mass is 9.94. The van der Waals surface area contributed by atoms with Crippen molar-refractivity contribution >= 4 is 12.0 Å². The van der Waals surface area contributed by atoms with Crippen LogP contribution in [0.2, 0.25) is 0 Å². The van der Waals surface area contributed by atoms with Gasteiger partial charge in [-0.05, 0) is 30.2 Å². The van der Waals surface area contributed by atoms with Gasteiger partial charge in [-0.25, -0.2) is 0 Å². The lowest BCUT2D eigenvalue weighted by Gasteiger charge is -2.43. The van der Waals surface area contributed by atoms with E-state index in [1.54, 1.807) is 0 Å². The quantitative estimate of drug-likeness (QED) is 0.444. The molecule has 0 bridgehead atoms. The van der Waals surface area contributed by atoms with Crippen molar-refractivity contribution in [1.29, 1.82) is 0 Å². The number of hydrogen-bond donors (Lipinski definition) is 0. The molecule has 1 aliphatic rings. The zero-order chi connectivity index (χ0) is 19.8. The summed E-state index contributed by atoms with van der Waals surface area (Å²) in [6.07, 6.45) is 0.274. The molecule has 2 nitrogen and oxygen atoms in total. The zero-order valence-corrected chi connectivity index (χ0v) is 17.7. The highest BCUT2D eigenvalue weighted by Crippen LogP contribution is 2.34. The molecular weight excluding hydrogens is 362 g/mol. The van der Waals surface area contributed by atoms with E-state index in [2.05, 4.69) is 96.8 Å². The molecular formula is C25H29NOS. The number of rotatable bonds is 6. The van der Waals surface area contributed by atoms with Crippen molar-refractivity contribution < 1.29 is 4.18 Å². The summed E-state index contributed by atoms with van der Waals surface area (Å²) in [4.78, 5) is 3.65. The summed E-state index contributed by atoms with van der Waals surface area (Å²) in [5, 5.41) is 0. The third-order valence-corrected chi connectivity index (χ3v) is 5.61. The fourth-order valence-corrected chi connectivity index (χ4v) is 3.96. The highest BCUT2D eigenvalue weighted by atomic mass is 32.2. The lowest BCUT2D eigenvalue weighted by Crippen LogP contribution is -2.52. The van der Waals surface area contributed by atoms with Crippen LogP contribution in [0.5, 0.6) is 0 Å². The Labute approximate surface area is 173 Å². The molecule has 0 unspecified atom stereocenters. The van der Waals surface area contributed by atoms with Gasteiger partial charge in [-0.2, -0.15) is 0 Å². The molecule has 4 rings (SSSR count). The minimum absolute atomic E-state index is 0.274. The van der Waals surface area contributed by atoms with Crippen LogP contribution in [0.25, 0.3) is 0 Å². The van der Waals surface area contributed by atoms with Crippen molar-refractivity contribution in [2.24, 2.45) is 0 Å². The van der Waals surface area contributed by atoms with Crippen LogP contribution in [-0.2, 0) is 4.18 Å². The van der Waals surface area contributed by atoms with E-state index in [-0.39, 0.29) is 6.10 Å². The van der Waals surface area contributed by atoms with Gasteiger partial charge in [0.1, 0.15) is 0 Å². The first kappa shape index (κ1) is 20.7. The normalized spacial score (nSPS) is 14.3. The van der Waals surface area contributed by atoms with E-state index in [0.29, 0.717) is 6.04 Å². The van der Waals surface area contributed by atoms with Crippen molar-refractivity contribution in [3.63, 3.8) is 0 Å². The maximum Gasteiger partial charge on any atom is 0.0980 e. The molecule has 1 aliphatic heterocycles.